The minimum absolute atomic E-state index is 0.0834. The fourth-order valence-corrected chi connectivity index (χ4v) is 3.41. The van der Waals surface area contributed by atoms with Crippen LogP contribution in [0, 0.1) is 5.82 Å². The number of amides is 1. The number of carbonyl (C=O) groups excluding carboxylic acids is 1. The van der Waals surface area contributed by atoms with Crippen molar-refractivity contribution < 1.29 is 9.18 Å². The molecule has 5 nitrogen and oxygen atoms in total. The molecule has 0 aliphatic rings. The number of thioether (sulfide) groups is 1. The van der Waals surface area contributed by atoms with E-state index in [4.69, 9.17) is 11.6 Å². The maximum absolute atomic E-state index is 13.3. The Labute approximate surface area is 159 Å². The molecule has 0 aliphatic carbocycles. The Morgan fingerprint density at radius 3 is 2.85 bits per heavy atom. The van der Waals surface area contributed by atoms with Crippen LogP contribution in [0.5, 0.6) is 0 Å². The van der Waals surface area contributed by atoms with Crippen LogP contribution in [-0.4, -0.2) is 38.4 Å². The van der Waals surface area contributed by atoms with Crippen molar-refractivity contribution in [1.82, 2.24) is 19.7 Å². The quantitative estimate of drug-likeness (QED) is 0.600. The van der Waals surface area contributed by atoms with Crippen LogP contribution in [0.25, 0.3) is 5.69 Å². The first kappa shape index (κ1) is 18.4. The minimum Gasteiger partial charge on any atom is -0.341 e. The van der Waals surface area contributed by atoms with E-state index in [1.54, 1.807) is 47.1 Å². The average Bonchev–Trinajstić information content (AvgIpc) is 3.08. The first-order valence-electron chi connectivity index (χ1n) is 7.80. The average molecular weight is 391 g/mol. The molecule has 0 N–H and O–H groups in total. The van der Waals surface area contributed by atoms with Crippen molar-refractivity contribution >= 4 is 29.3 Å². The number of halogens is 2. The summed E-state index contributed by atoms with van der Waals surface area (Å²) in [6.07, 6.45) is 1.58. The molecular weight excluding hydrogens is 375 g/mol. The van der Waals surface area contributed by atoms with Crippen molar-refractivity contribution in [2.45, 2.75) is 11.7 Å². The van der Waals surface area contributed by atoms with Gasteiger partial charge in [-0.25, -0.2) is 4.39 Å². The zero-order valence-electron chi connectivity index (χ0n) is 14.0. The number of hydrogen-bond acceptors (Lipinski definition) is 4. The van der Waals surface area contributed by atoms with Crippen LogP contribution in [0.2, 0.25) is 5.02 Å². The molecule has 0 unspecified atom stereocenters. The van der Waals surface area contributed by atoms with Gasteiger partial charge in [-0.05, 0) is 35.9 Å². The zero-order chi connectivity index (χ0) is 18.5. The molecule has 0 spiro atoms. The van der Waals surface area contributed by atoms with Crippen molar-refractivity contribution in [3.63, 3.8) is 0 Å². The van der Waals surface area contributed by atoms with Crippen molar-refractivity contribution in [1.29, 1.82) is 0 Å². The van der Waals surface area contributed by atoms with Crippen molar-refractivity contribution in [2.24, 2.45) is 0 Å². The van der Waals surface area contributed by atoms with Gasteiger partial charge in [0, 0.05) is 18.6 Å². The lowest BCUT2D eigenvalue weighted by Crippen LogP contribution is -2.27. The molecule has 0 saturated carbocycles. The lowest BCUT2D eigenvalue weighted by atomic mass is 10.2. The SMILES string of the molecule is CN(Cc1cccc(F)c1)C(=O)CSc1nncn1-c1cccc(Cl)c1. The maximum atomic E-state index is 13.3. The highest BCUT2D eigenvalue weighted by molar-refractivity contribution is 7.99. The molecule has 0 radical (unpaired) electrons. The van der Waals surface area contributed by atoms with Gasteiger partial charge in [-0.3, -0.25) is 9.36 Å². The second-order valence-corrected chi connectivity index (χ2v) is 7.01. The summed E-state index contributed by atoms with van der Waals surface area (Å²) >= 11 is 7.31. The smallest absolute Gasteiger partial charge is 0.233 e. The molecular formula is C18H16ClFN4OS. The van der Waals surface area contributed by atoms with Crippen LogP contribution in [0.4, 0.5) is 4.39 Å². The fraction of sp³-hybridized carbons (Fsp3) is 0.167. The molecule has 1 amide bonds. The molecule has 1 aromatic heterocycles. The van der Waals surface area contributed by atoms with E-state index in [-0.39, 0.29) is 17.5 Å². The van der Waals surface area contributed by atoms with Gasteiger partial charge in [0.25, 0.3) is 0 Å². The molecule has 3 aromatic rings. The van der Waals surface area contributed by atoms with E-state index in [2.05, 4.69) is 10.2 Å². The molecule has 8 heteroatoms. The molecule has 134 valence electrons. The number of carbonyl (C=O) groups is 1. The summed E-state index contributed by atoms with van der Waals surface area (Å²) in [6.45, 7) is 0.345. The van der Waals surface area contributed by atoms with Gasteiger partial charge in [0.15, 0.2) is 5.16 Å². The number of rotatable bonds is 6. The van der Waals surface area contributed by atoms with Crippen LogP contribution in [0.3, 0.4) is 0 Å². The molecule has 0 aliphatic heterocycles. The lowest BCUT2D eigenvalue weighted by molar-refractivity contribution is -0.127. The molecule has 0 fully saturated rings. The summed E-state index contributed by atoms with van der Waals surface area (Å²) < 4.78 is 15.0. The lowest BCUT2D eigenvalue weighted by Gasteiger charge is -2.17. The fourth-order valence-electron chi connectivity index (χ4n) is 2.36. The van der Waals surface area contributed by atoms with E-state index in [1.807, 2.05) is 12.1 Å². The van der Waals surface area contributed by atoms with Gasteiger partial charge in [0.05, 0.1) is 11.4 Å². The maximum Gasteiger partial charge on any atom is 0.233 e. The second-order valence-electron chi connectivity index (χ2n) is 5.63. The van der Waals surface area contributed by atoms with Crippen molar-refractivity contribution in [3.8, 4) is 5.69 Å². The summed E-state index contributed by atoms with van der Waals surface area (Å²) in [5.41, 5.74) is 1.57. The third-order valence-electron chi connectivity index (χ3n) is 3.66. The van der Waals surface area contributed by atoms with Crippen molar-refractivity contribution in [2.75, 3.05) is 12.8 Å². The number of benzene rings is 2. The van der Waals surface area contributed by atoms with E-state index in [0.29, 0.717) is 16.7 Å². The number of aromatic nitrogens is 3. The molecule has 26 heavy (non-hydrogen) atoms. The van der Waals surface area contributed by atoms with Gasteiger partial charge < -0.3 is 4.90 Å². The Morgan fingerprint density at radius 2 is 2.08 bits per heavy atom. The summed E-state index contributed by atoms with van der Waals surface area (Å²) in [4.78, 5) is 13.9. The van der Waals surface area contributed by atoms with E-state index in [1.165, 1.54) is 23.9 Å². The Hall–Kier alpha value is -2.38. The van der Waals surface area contributed by atoms with Crippen LogP contribution in [-0.2, 0) is 11.3 Å². The van der Waals surface area contributed by atoms with Crippen LogP contribution >= 0.6 is 23.4 Å². The highest BCUT2D eigenvalue weighted by atomic mass is 35.5. The Kier molecular flexibility index (Phi) is 5.90. The summed E-state index contributed by atoms with van der Waals surface area (Å²) in [5, 5.41) is 9.18. The van der Waals surface area contributed by atoms with Gasteiger partial charge in [-0.1, -0.05) is 41.6 Å². The summed E-state index contributed by atoms with van der Waals surface area (Å²) in [7, 11) is 1.69. The third-order valence-corrected chi connectivity index (χ3v) is 4.83. The first-order chi connectivity index (χ1) is 12.5. The highest BCUT2D eigenvalue weighted by Gasteiger charge is 2.14. The van der Waals surface area contributed by atoms with E-state index in [0.717, 1.165) is 11.3 Å². The normalized spacial score (nSPS) is 10.7. The van der Waals surface area contributed by atoms with E-state index in [9.17, 15) is 9.18 Å². The number of nitrogens with zero attached hydrogens (tertiary/aromatic N) is 4. The molecule has 0 saturated heterocycles. The van der Waals surface area contributed by atoms with Crippen LogP contribution < -0.4 is 0 Å². The van der Waals surface area contributed by atoms with Crippen LogP contribution in [0.1, 0.15) is 5.56 Å². The standard InChI is InChI=1S/C18H16ClFN4OS/c1-23(10-13-4-2-6-15(20)8-13)17(25)11-26-18-22-21-12-24(18)16-7-3-5-14(19)9-16/h2-9,12H,10-11H2,1H3. The first-order valence-corrected chi connectivity index (χ1v) is 9.16. The van der Waals surface area contributed by atoms with E-state index < -0.39 is 0 Å². The second kappa shape index (κ2) is 8.33. The van der Waals surface area contributed by atoms with Crippen molar-refractivity contribution in [3.05, 3.63) is 71.3 Å². The summed E-state index contributed by atoms with van der Waals surface area (Å²) in [5.74, 6) is -0.197. The van der Waals surface area contributed by atoms with Gasteiger partial charge in [-0.15, -0.1) is 10.2 Å². The largest absolute Gasteiger partial charge is 0.341 e. The van der Waals surface area contributed by atoms with E-state index >= 15 is 0 Å². The van der Waals surface area contributed by atoms with Crippen LogP contribution in [0.15, 0.2) is 60.0 Å². The predicted molar refractivity (Wildman–Crippen MR) is 100.0 cm³/mol. The Bertz CT molecular complexity index is 917. The van der Waals surface area contributed by atoms with Gasteiger partial charge in [-0.2, -0.15) is 0 Å². The van der Waals surface area contributed by atoms with Gasteiger partial charge >= 0.3 is 0 Å². The highest BCUT2D eigenvalue weighted by Crippen LogP contribution is 2.22. The Morgan fingerprint density at radius 1 is 1.27 bits per heavy atom. The molecule has 1 heterocycles. The monoisotopic (exact) mass is 390 g/mol. The number of hydrogen-bond donors (Lipinski definition) is 0. The minimum atomic E-state index is -0.313. The molecule has 3 rings (SSSR count). The predicted octanol–water partition coefficient (Wildman–Crippen LogP) is 3.81. The third kappa shape index (κ3) is 4.62. The topological polar surface area (TPSA) is 51.0 Å². The molecule has 2 aromatic carbocycles. The zero-order valence-corrected chi connectivity index (χ0v) is 15.5. The molecule has 0 atom stereocenters. The van der Waals surface area contributed by atoms with Gasteiger partial charge in [0.2, 0.25) is 5.91 Å². The molecule has 0 bridgehead atoms. The van der Waals surface area contributed by atoms with Gasteiger partial charge in [0.1, 0.15) is 12.1 Å². The summed E-state index contributed by atoms with van der Waals surface area (Å²) in [6, 6.07) is 13.5. The Balaban J connectivity index is 1.62.